The maximum Gasteiger partial charge on any atom is 0.490 e. The highest BCUT2D eigenvalue weighted by molar-refractivity contribution is 9.10. The lowest BCUT2D eigenvalue weighted by Gasteiger charge is -2.17. The standard InChI is InChI=1S/C21H23BrN2O3.C2HF3O2/c22-18-11-14(17-10-15(17)12-20(25)26)4-6-19(18)27-9-7-16-5-3-13-2-1-8-23-21(13)24-16;3-2(4,5)1(6)7/h3-6,11,15,17H,1-2,7-10,12H2,(H,23,24)(H,25,26);(H,6,7). The van der Waals surface area contributed by atoms with Gasteiger partial charge < -0.3 is 20.3 Å². The van der Waals surface area contributed by atoms with Gasteiger partial charge in [0.05, 0.1) is 11.1 Å². The van der Waals surface area contributed by atoms with Crippen LogP contribution >= 0.6 is 15.9 Å². The van der Waals surface area contributed by atoms with E-state index in [2.05, 4.69) is 39.4 Å². The molecule has 0 bridgehead atoms. The normalized spacial score (nSPS) is 18.6. The number of pyridine rings is 1. The van der Waals surface area contributed by atoms with E-state index in [1.165, 1.54) is 17.5 Å². The van der Waals surface area contributed by atoms with Crippen molar-refractivity contribution in [3.8, 4) is 5.75 Å². The fourth-order valence-electron chi connectivity index (χ4n) is 3.74. The van der Waals surface area contributed by atoms with Gasteiger partial charge in [-0.2, -0.15) is 13.2 Å². The number of ether oxygens (including phenoxy) is 1. The molecule has 1 aliphatic heterocycles. The van der Waals surface area contributed by atoms with Crippen molar-refractivity contribution in [2.45, 2.75) is 44.2 Å². The minimum Gasteiger partial charge on any atom is -0.492 e. The van der Waals surface area contributed by atoms with Gasteiger partial charge in [0.25, 0.3) is 0 Å². The van der Waals surface area contributed by atoms with Gasteiger partial charge in [0.2, 0.25) is 0 Å². The summed E-state index contributed by atoms with van der Waals surface area (Å²) in [4.78, 5) is 24.4. The van der Waals surface area contributed by atoms with Crippen LogP contribution in [-0.2, 0) is 22.4 Å². The Hall–Kier alpha value is -2.82. The lowest BCUT2D eigenvalue weighted by molar-refractivity contribution is -0.192. The number of rotatable bonds is 7. The highest BCUT2D eigenvalue weighted by Crippen LogP contribution is 2.50. The Morgan fingerprint density at radius 3 is 2.59 bits per heavy atom. The van der Waals surface area contributed by atoms with Crippen LogP contribution in [0.3, 0.4) is 0 Å². The molecule has 1 fully saturated rings. The van der Waals surface area contributed by atoms with Gasteiger partial charge >= 0.3 is 18.1 Å². The summed E-state index contributed by atoms with van der Waals surface area (Å²) >= 11 is 3.58. The van der Waals surface area contributed by atoms with Crippen molar-refractivity contribution < 1.29 is 37.7 Å². The molecule has 1 aliphatic carbocycles. The van der Waals surface area contributed by atoms with E-state index in [1.54, 1.807) is 0 Å². The molecular weight excluding hydrogens is 521 g/mol. The molecule has 3 N–H and O–H groups in total. The Balaban J connectivity index is 0.000000406. The summed E-state index contributed by atoms with van der Waals surface area (Å²) < 4.78 is 38.6. The number of nitrogens with one attached hydrogen (secondary N) is 1. The Labute approximate surface area is 202 Å². The Morgan fingerprint density at radius 2 is 1.94 bits per heavy atom. The second kappa shape index (κ2) is 11.1. The van der Waals surface area contributed by atoms with Gasteiger partial charge in [-0.1, -0.05) is 12.1 Å². The lowest BCUT2D eigenvalue weighted by atomic mass is 10.1. The first kappa shape index (κ1) is 25.8. The highest BCUT2D eigenvalue weighted by Gasteiger charge is 2.40. The largest absolute Gasteiger partial charge is 0.492 e. The van der Waals surface area contributed by atoms with Crippen molar-refractivity contribution in [3.05, 3.63) is 51.6 Å². The van der Waals surface area contributed by atoms with Crippen molar-refractivity contribution in [2.75, 3.05) is 18.5 Å². The average Bonchev–Trinajstić information content (AvgIpc) is 3.53. The quantitative estimate of drug-likeness (QED) is 0.448. The van der Waals surface area contributed by atoms with Crippen LogP contribution in [0.1, 0.15) is 42.0 Å². The van der Waals surface area contributed by atoms with Gasteiger partial charge in [-0.15, -0.1) is 0 Å². The number of hydrogen-bond acceptors (Lipinski definition) is 5. The number of aromatic nitrogens is 1. The maximum atomic E-state index is 10.8. The summed E-state index contributed by atoms with van der Waals surface area (Å²) in [5, 5.41) is 19.4. The predicted octanol–water partition coefficient (Wildman–Crippen LogP) is 5.04. The number of halogens is 4. The number of nitrogens with zero attached hydrogens (tertiary/aromatic N) is 1. The van der Waals surface area contributed by atoms with Crippen molar-refractivity contribution in [1.29, 1.82) is 0 Å². The van der Waals surface area contributed by atoms with E-state index in [1.807, 2.05) is 12.1 Å². The molecule has 0 radical (unpaired) electrons. The SMILES string of the molecule is O=C(O)C(F)(F)F.O=C(O)CC1CC1c1ccc(OCCc2ccc3c(n2)NCCC3)c(Br)c1. The Morgan fingerprint density at radius 1 is 1.21 bits per heavy atom. The molecule has 2 atom stereocenters. The molecule has 7 nitrogen and oxygen atoms in total. The van der Waals surface area contributed by atoms with Crippen LogP contribution in [0.2, 0.25) is 0 Å². The third-order valence-corrected chi connectivity index (χ3v) is 6.17. The van der Waals surface area contributed by atoms with Crippen LogP contribution in [-0.4, -0.2) is 46.5 Å². The Bertz CT molecular complexity index is 1050. The molecule has 4 rings (SSSR count). The third-order valence-electron chi connectivity index (χ3n) is 5.55. The van der Waals surface area contributed by atoms with E-state index in [-0.39, 0.29) is 12.3 Å². The van der Waals surface area contributed by atoms with Gasteiger partial charge in [0, 0.05) is 25.1 Å². The third kappa shape index (κ3) is 7.34. The number of anilines is 1. The number of carboxylic acids is 2. The van der Waals surface area contributed by atoms with Crippen LogP contribution in [0.5, 0.6) is 5.75 Å². The second-order valence-electron chi connectivity index (χ2n) is 8.13. The molecule has 1 saturated carbocycles. The summed E-state index contributed by atoms with van der Waals surface area (Å²) in [5.74, 6) is -1.02. The van der Waals surface area contributed by atoms with Crippen LogP contribution in [0.15, 0.2) is 34.8 Å². The minimum atomic E-state index is -5.08. The number of benzene rings is 1. The first-order valence-corrected chi connectivity index (χ1v) is 11.5. The molecule has 34 heavy (non-hydrogen) atoms. The fourth-order valence-corrected chi connectivity index (χ4v) is 4.26. The van der Waals surface area contributed by atoms with E-state index in [9.17, 15) is 18.0 Å². The van der Waals surface area contributed by atoms with Gasteiger partial charge in [-0.25, -0.2) is 9.78 Å². The van der Waals surface area contributed by atoms with Crippen molar-refractivity contribution in [2.24, 2.45) is 5.92 Å². The minimum absolute atomic E-state index is 0.253. The summed E-state index contributed by atoms with van der Waals surface area (Å²) in [6, 6.07) is 10.3. The molecule has 1 aromatic heterocycles. The molecule has 0 amide bonds. The number of carbonyl (C=O) groups is 2. The molecule has 2 aromatic rings. The van der Waals surface area contributed by atoms with E-state index in [0.717, 1.165) is 47.5 Å². The average molecular weight is 545 g/mol. The summed E-state index contributed by atoms with van der Waals surface area (Å²) in [5.41, 5.74) is 3.51. The molecule has 2 heterocycles. The van der Waals surface area contributed by atoms with Crippen LogP contribution in [0.25, 0.3) is 0 Å². The molecule has 2 unspecified atom stereocenters. The van der Waals surface area contributed by atoms with Crippen molar-refractivity contribution >= 4 is 33.7 Å². The summed E-state index contributed by atoms with van der Waals surface area (Å²) in [7, 11) is 0. The number of aliphatic carboxylic acids is 2. The van der Waals surface area contributed by atoms with E-state index in [4.69, 9.17) is 24.7 Å². The first-order chi connectivity index (χ1) is 16.0. The first-order valence-electron chi connectivity index (χ1n) is 10.7. The summed E-state index contributed by atoms with van der Waals surface area (Å²) in [6.07, 6.45) is -0.856. The van der Waals surface area contributed by atoms with E-state index < -0.39 is 18.1 Å². The zero-order valence-electron chi connectivity index (χ0n) is 18.1. The van der Waals surface area contributed by atoms with E-state index in [0.29, 0.717) is 12.5 Å². The molecular formula is C23H24BrF3N2O5. The maximum absolute atomic E-state index is 10.8. The van der Waals surface area contributed by atoms with Gasteiger partial charge in [0.15, 0.2) is 0 Å². The number of alkyl halides is 3. The monoisotopic (exact) mass is 544 g/mol. The van der Waals surface area contributed by atoms with Crippen molar-refractivity contribution in [3.63, 3.8) is 0 Å². The van der Waals surface area contributed by atoms with Gasteiger partial charge in [0.1, 0.15) is 11.6 Å². The van der Waals surface area contributed by atoms with Crippen LogP contribution in [0, 0.1) is 5.92 Å². The predicted molar refractivity (Wildman–Crippen MR) is 121 cm³/mol. The number of hydrogen-bond donors (Lipinski definition) is 3. The van der Waals surface area contributed by atoms with E-state index >= 15 is 0 Å². The fraction of sp³-hybridized carbons (Fsp3) is 0.435. The zero-order valence-corrected chi connectivity index (χ0v) is 19.7. The second-order valence-corrected chi connectivity index (χ2v) is 8.99. The molecule has 0 saturated heterocycles. The summed E-state index contributed by atoms with van der Waals surface area (Å²) in [6.45, 7) is 1.56. The van der Waals surface area contributed by atoms with Gasteiger partial charge in [-0.05, 0) is 76.4 Å². The topological polar surface area (TPSA) is 109 Å². The van der Waals surface area contributed by atoms with Crippen molar-refractivity contribution in [1.82, 2.24) is 4.98 Å². The highest BCUT2D eigenvalue weighted by atomic mass is 79.9. The molecule has 2 aliphatic rings. The smallest absolute Gasteiger partial charge is 0.490 e. The molecule has 11 heteroatoms. The molecule has 0 spiro atoms. The van der Waals surface area contributed by atoms with Gasteiger partial charge in [-0.3, -0.25) is 4.79 Å². The zero-order chi connectivity index (χ0) is 24.9. The van der Waals surface area contributed by atoms with Crippen LogP contribution in [0.4, 0.5) is 19.0 Å². The molecule has 184 valence electrons. The Kier molecular flexibility index (Phi) is 8.40. The number of aryl methyl sites for hydroxylation is 1. The number of fused-ring (bicyclic) bond motifs is 1. The van der Waals surface area contributed by atoms with Crippen LogP contribution < -0.4 is 10.1 Å². The number of carboxylic acid groups (broad SMARTS) is 2. The lowest BCUT2D eigenvalue weighted by Crippen LogP contribution is -2.21. The molecule has 1 aromatic carbocycles.